The van der Waals surface area contributed by atoms with Gasteiger partial charge in [0.2, 0.25) is 5.91 Å². The molecule has 1 aliphatic rings. The molecule has 1 unspecified atom stereocenters. The van der Waals surface area contributed by atoms with Gasteiger partial charge >= 0.3 is 0 Å². The minimum atomic E-state index is -1.05. The molecule has 0 fully saturated rings. The van der Waals surface area contributed by atoms with Crippen molar-refractivity contribution in [3.8, 4) is 5.75 Å². The minimum absolute atomic E-state index is 0.151. The number of hydrogen-bond donors (Lipinski definition) is 1. The molecule has 2 aromatic carbocycles. The van der Waals surface area contributed by atoms with Crippen molar-refractivity contribution < 1.29 is 19.1 Å². The van der Waals surface area contributed by atoms with E-state index in [1.807, 2.05) is 86.9 Å². The summed E-state index contributed by atoms with van der Waals surface area (Å²) in [5, 5.41) is 4.05. The Morgan fingerprint density at radius 1 is 1.14 bits per heavy atom. The minimum Gasteiger partial charge on any atom is -0.494 e. The number of para-hydroxylation sites is 1. The first-order valence-electron chi connectivity index (χ1n) is 12.4. The van der Waals surface area contributed by atoms with E-state index in [4.69, 9.17) is 9.47 Å². The van der Waals surface area contributed by atoms with E-state index in [2.05, 4.69) is 5.32 Å². The van der Waals surface area contributed by atoms with Crippen molar-refractivity contribution >= 4 is 22.7 Å². The summed E-state index contributed by atoms with van der Waals surface area (Å²) in [6.07, 6.45) is 0.870. The van der Waals surface area contributed by atoms with Gasteiger partial charge in [0, 0.05) is 30.6 Å². The van der Waals surface area contributed by atoms with E-state index in [-0.39, 0.29) is 17.9 Å². The summed E-state index contributed by atoms with van der Waals surface area (Å²) < 4.78 is 13.1. The van der Waals surface area contributed by atoms with Crippen LogP contribution in [0.3, 0.4) is 0 Å². The first kappa shape index (κ1) is 24.8. The second-order valence-corrected chi connectivity index (χ2v) is 9.45. The van der Waals surface area contributed by atoms with Crippen LogP contribution in [0.4, 0.5) is 0 Å². The van der Waals surface area contributed by atoms with Crippen LogP contribution >= 0.6 is 0 Å². The van der Waals surface area contributed by atoms with Crippen molar-refractivity contribution in [3.05, 3.63) is 65.9 Å². The van der Waals surface area contributed by atoms with E-state index in [0.29, 0.717) is 45.0 Å². The van der Waals surface area contributed by atoms with Crippen LogP contribution < -0.4 is 10.1 Å². The lowest BCUT2D eigenvalue weighted by Crippen LogP contribution is -2.63. The topological polar surface area (TPSA) is 72.8 Å². The predicted molar refractivity (Wildman–Crippen MR) is 137 cm³/mol. The maximum Gasteiger partial charge on any atom is 0.271 e. The van der Waals surface area contributed by atoms with Crippen LogP contribution in [0.15, 0.2) is 54.6 Å². The van der Waals surface area contributed by atoms with Crippen LogP contribution in [-0.4, -0.2) is 52.7 Å². The number of nitrogens with zero attached hydrogens (tertiary/aromatic N) is 2. The summed E-state index contributed by atoms with van der Waals surface area (Å²) in [4.78, 5) is 29.1. The van der Waals surface area contributed by atoms with Crippen molar-refractivity contribution in [1.29, 1.82) is 0 Å². The number of aromatic nitrogens is 1. The number of ether oxygens (including phenoxy) is 2. The second-order valence-electron chi connectivity index (χ2n) is 9.45. The summed E-state index contributed by atoms with van der Waals surface area (Å²) in [5.41, 5.74) is 1.45. The van der Waals surface area contributed by atoms with E-state index in [1.165, 1.54) is 0 Å². The number of carbonyl (C=O) groups excluding carboxylic acids is 2. The average molecular weight is 478 g/mol. The highest BCUT2D eigenvalue weighted by molar-refractivity contribution is 6.03. The maximum atomic E-state index is 13.8. The van der Waals surface area contributed by atoms with Crippen LogP contribution in [0.25, 0.3) is 10.9 Å². The molecule has 186 valence electrons. The molecule has 0 saturated heterocycles. The summed E-state index contributed by atoms with van der Waals surface area (Å²) >= 11 is 0. The maximum absolute atomic E-state index is 13.8. The van der Waals surface area contributed by atoms with Crippen molar-refractivity contribution in [2.24, 2.45) is 0 Å². The van der Waals surface area contributed by atoms with Crippen LogP contribution in [-0.2, 0) is 22.6 Å². The fraction of sp³-hybridized carbons (Fsp3) is 0.429. The van der Waals surface area contributed by atoms with Crippen LogP contribution in [0.2, 0.25) is 0 Å². The van der Waals surface area contributed by atoms with Gasteiger partial charge in [-0.3, -0.25) is 9.59 Å². The molecule has 0 saturated carbocycles. The van der Waals surface area contributed by atoms with Crippen LogP contribution in [0.5, 0.6) is 5.75 Å². The number of rotatable bonds is 10. The molecule has 7 nitrogen and oxygen atoms in total. The number of hydrogen-bond acceptors (Lipinski definition) is 4. The highest BCUT2D eigenvalue weighted by atomic mass is 16.5. The summed E-state index contributed by atoms with van der Waals surface area (Å²) in [6.45, 7) is 10.2. The van der Waals surface area contributed by atoms with Gasteiger partial charge in [0.15, 0.2) is 0 Å². The monoisotopic (exact) mass is 477 g/mol. The van der Waals surface area contributed by atoms with Gasteiger partial charge in [-0.25, -0.2) is 0 Å². The van der Waals surface area contributed by atoms with Crippen molar-refractivity contribution in [1.82, 2.24) is 14.8 Å². The Hall–Kier alpha value is -3.32. The molecule has 2 amide bonds. The second kappa shape index (κ2) is 10.5. The SMILES string of the molecule is CCOc1ccc(CN2C(=O)c3cc4ccccc4n3CC2(C)C(=O)NCCCOC(C)C)cc1. The van der Waals surface area contributed by atoms with E-state index < -0.39 is 5.54 Å². The Morgan fingerprint density at radius 3 is 2.60 bits per heavy atom. The summed E-state index contributed by atoms with van der Waals surface area (Å²) in [6, 6.07) is 17.5. The lowest BCUT2D eigenvalue weighted by atomic mass is 9.93. The fourth-order valence-corrected chi connectivity index (χ4v) is 4.58. The smallest absolute Gasteiger partial charge is 0.271 e. The number of amides is 2. The Balaban J connectivity index is 1.62. The molecular formula is C28H35N3O4. The average Bonchev–Trinajstić information content (AvgIpc) is 3.21. The predicted octanol–water partition coefficient (Wildman–Crippen LogP) is 4.39. The third kappa shape index (κ3) is 5.20. The van der Waals surface area contributed by atoms with Crippen molar-refractivity contribution in [2.45, 2.75) is 58.8 Å². The van der Waals surface area contributed by atoms with Gasteiger partial charge in [0.05, 0.1) is 19.3 Å². The van der Waals surface area contributed by atoms with Gasteiger partial charge in [-0.2, -0.15) is 0 Å². The first-order valence-corrected chi connectivity index (χ1v) is 12.4. The molecule has 7 heteroatoms. The largest absolute Gasteiger partial charge is 0.494 e. The van der Waals surface area contributed by atoms with Gasteiger partial charge < -0.3 is 24.3 Å². The molecule has 3 aromatic rings. The van der Waals surface area contributed by atoms with E-state index in [9.17, 15) is 9.59 Å². The molecule has 35 heavy (non-hydrogen) atoms. The zero-order valence-corrected chi connectivity index (χ0v) is 21.0. The lowest BCUT2D eigenvalue weighted by Gasteiger charge is -2.44. The Bertz CT molecular complexity index is 1180. The van der Waals surface area contributed by atoms with Crippen molar-refractivity contribution in [2.75, 3.05) is 19.8 Å². The van der Waals surface area contributed by atoms with Gasteiger partial charge in [-0.05, 0) is 63.9 Å². The van der Waals surface area contributed by atoms with Gasteiger partial charge in [0.25, 0.3) is 5.91 Å². The normalized spacial score (nSPS) is 17.6. The fourth-order valence-electron chi connectivity index (χ4n) is 4.58. The number of benzene rings is 2. The van der Waals surface area contributed by atoms with Crippen LogP contribution in [0, 0.1) is 0 Å². The summed E-state index contributed by atoms with van der Waals surface area (Å²) in [7, 11) is 0. The lowest BCUT2D eigenvalue weighted by molar-refractivity contribution is -0.133. The molecule has 0 radical (unpaired) electrons. The Kier molecular flexibility index (Phi) is 7.45. The van der Waals surface area contributed by atoms with E-state index in [1.54, 1.807) is 4.90 Å². The third-order valence-electron chi connectivity index (χ3n) is 6.46. The number of nitrogens with one attached hydrogen (secondary N) is 1. The number of carbonyl (C=O) groups is 2. The molecule has 1 aliphatic heterocycles. The third-order valence-corrected chi connectivity index (χ3v) is 6.46. The highest BCUT2D eigenvalue weighted by Gasteiger charge is 2.47. The first-order chi connectivity index (χ1) is 16.8. The molecule has 0 spiro atoms. The molecule has 2 heterocycles. The van der Waals surface area contributed by atoms with Crippen LogP contribution in [0.1, 0.15) is 50.2 Å². The molecule has 0 bridgehead atoms. The molecule has 1 atom stereocenters. The molecule has 1 N–H and O–H groups in total. The Labute approximate surface area is 207 Å². The Morgan fingerprint density at radius 2 is 1.89 bits per heavy atom. The van der Waals surface area contributed by atoms with E-state index >= 15 is 0 Å². The zero-order chi connectivity index (χ0) is 25.0. The molecule has 0 aliphatic carbocycles. The molecular weight excluding hydrogens is 442 g/mol. The van der Waals surface area contributed by atoms with Gasteiger partial charge in [-0.1, -0.05) is 30.3 Å². The molecule has 1 aromatic heterocycles. The van der Waals surface area contributed by atoms with Gasteiger partial charge in [0.1, 0.15) is 17.0 Å². The van der Waals surface area contributed by atoms with E-state index in [0.717, 1.165) is 22.2 Å². The number of fused-ring (bicyclic) bond motifs is 3. The summed E-state index contributed by atoms with van der Waals surface area (Å²) in [5.74, 6) is 0.470. The molecule has 4 rings (SSSR count). The zero-order valence-electron chi connectivity index (χ0n) is 21.0. The van der Waals surface area contributed by atoms with Gasteiger partial charge in [-0.15, -0.1) is 0 Å². The quantitative estimate of drug-likeness (QED) is 0.440. The van der Waals surface area contributed by atoms with Crippen molar-refractivity contribution in [3.63, 3.8) is 0 Å². The standard InChI is InChI=1S/C28H35N3O4/c1-5-34-23-13-11-21(12-14-23)18-31-26(32)25-17-22-9-6-7-10-24(22)30(25)19-28(31,4)27(33)29-15-8-16-35-20(2)3/h6-7,9-14,17,20H,5,8,15-16,18-19H2,1-4H3,(H,29,33). The highest BCUT2D eigenvalue weighted by Crippen LogP contribution is 2.33.